The molecule has 10 heavy (non-hydrogen) atoms. The number of rotatable bonds is 0. The highest BCUT2D eigenvalue weighted by Gasteiger charge is 2.33. The van der Waals surface area contributed by atoms with Crippen LogP contribution in [0.4, 0.5) is 0 Å². The first-order valence-electron chi connectivity index (χ1n) is 4.21. The number of likely N-dealkylation sites (N-methyl/N-ethyl adjacent to an activating group) is 1. The quantitative estimate of drug-likeness (QED) is 0.472. The van der Waals surface area contributed by atoms with Gasteiger partial charge in [-0.25, -0.2) is 5.32 Å². The molecule has 2 heterocycles. The van der Waals surface area contributed by atoms with Crippen LogP contribution >= 0.6 is 0 Å². The van der Waals surface area contributed by atoms with Crippen LogP contribution in [0.25, 0.3) is 0 Å². The maximum Gasteiger partial charge on any atom is 0.0292 e. The second-order valence-corrected chi connectivity index (χ2v) is 3.54. The average molecular weight is 139 g/mol. The second-order valence-electron chi connectivity index (χ2n) is 3.54. The van der Waals surface area contributed by atoms with Crippen molar-refractivity contribution < 1.29 is 0 Å². The van der Waals surface area contributed by atoms with Crippen LogP contribution in [0.1, 0.15) is 12.8 Å². The zero-order valence-electron chi connectivity index (χ0n) is 6.58. The fraction of sp³-hybridized carbons (Fsp3) is 1.00. The molecule has 0 aromatic rings. The van der Waals surface area contributed by atoms with Crippen molar-refractivity contribution in [3.8, 4) is 0 Å². The molecule has 0 saturated carbocycles. The Hall–Kier alpha value is -0.0800. The Kier molecular flexibility index (Phi) is 1.66. The van der Waals surface area contributed by atoms with Crippen molar-refractivity contribution in [1.82, 2.24) is 10.2 Å². The van der Waals surface area contributed by atoms with Crippen molar-refractivity contribution in [1.29, 1.82) is 0 Å². The summed E-state index contributed by atoms with van der Waals surface area (Å²) < 4.78 is 0. The molecule has 0 N–H and O–H groups in total. The lowest BCUT2D eigenvalue weighted by Gasteiger charge is -2.33. The second kappa shape index (κ2) is 2.51. The predicted octanol–water partition coefficient (Wildman–Crippen LogP) is 0.315. The van der Waals surface area contributed by atoms with Crippen molar-refractivity contribution in [2.75, 3.05) is 26.7 Å². The number of hydrogen-bond donors (Lipinski definition) is 0. The first-order valence-corrected chi connectivity index (χ1v) is 4.21. The van der Waals surface area contributed by atoms with Crippen LogP contribution in [-0.2, 0) is 0 Å². The van der Waals surface area contributed by atoms with Crippen LogP contribution in [0.3, 0.4) is 0 Å². The summed E-state index contributed by atoms with van der Waals surface area (Å²) in [4.78, 5) is 2.48. The maximum absolute atomic E-state index is 4.44. The molecule has 2 fully saturated rings. The molecule has 0 bridgehead atoms. The van der Waals surface area contributed by atoms with E-state index in [1.165, 1.54) is 19.4 Å². The normalized spacial score (nSPS) is 41.7. The third-order valence-corrected chi connectivity index (χ3v) is 2.88. The van der Waals surface area contributed by atoms with Crippen molar-refractivity contribution in [2.45, 2.75) is 18.9 Å². The van der Waals surface area contributed by atoms with Gasteiger partial charge in [-0.2, -0.15) is 0 Å². The standard InChI is InChI=1S/C8H15N2/c1-10-4-2-3-7-5-9-6-8(7)10/h7-8H,2-6H2,1H3/t7-,8+/m1/s1. The summed E-state index contributed by atoms with van der Waals surface area (Å²) in [5.41, 5.74) is 0. The molecule has 0 aliphatic carbocycles. The zero-order valence-corrected chi connectivity index (χ0v) is 6.58. The van der Waals surface area contributed by atoms with Crippen LogP contribution in [0, 0.1) is 5.92 Å². The van der Waals surface area contributed by atoms with E-state index in [9.17, 15) is 0 Å². The smallest absolute Gasteiger partial charge is 0.0292 e. The van der Waals surface area contributed by atoms with Crippen molar-refractivity contribution in [2.24, 2.45) is 5.92 Å². The Morgan fingerprint density at radius 3 is 3.10 bits per heavy atom. The summed E-state index contributed by atoms with van der Waals surface area (Å²) in [6, 6.07) is 0.800. The van der Waals surface area contributed by atoms with Crippen LogP contribution in [0.15, 0.2) is 0 Å². The molecule has 2 saturated heterocycles. The molecular formula is C8H15N2. The van der Waals surface area contributed by atoms with Crippen LogP contribution in [0.2, 0.25) is 0 Å². The van der Waals surface area contributed by atoms with E-state index in [1.54, 1.807) is 0 Å². The van der Waals surface area contributed by atoms with Gasteiger partial charge in [-0.1, -0.05) is 0 Å². The molecule has 2 aliphatic heterocycles. The molecular weight excluding hydrogens is 124 g/mol. The Morgan fingerprint density at radius 2 is 2.30 bits per heavy atom. The average Bonchev–Trinajstić information content (AvgIpc) is 2.36. The lowest BCUT2D eigenvalue weighted by Crippen LogP contribution is -2.41. The molecule has 0 aromatic carbocycles. The van der Waals surface area contributed by atoms with Crippen molar-refractivity contribution in [3.63, 3.8) is 0 Å². The molecule has 0 amide bonds. The summed E-state index contributed by atoms with van der Waals surface area (Å²) >= 11 is 0. The fourth-order valence-electron chi connectivity index (χ4n) is 2.20. The van der Waals surface area contributed by atoms with Gasteiger partial charge in [0.05, 0.1) is 0 Å². The molecule has 1 radical (unpaired) electrons. The number of piperidine rings is 1. The molecule has 2 nitrogen and oxygen atoms in total. The maximum atomic E-state index is 4.44. The highest BCUT2D eigenvalue weighted by Crippen LogP contribution is 2.25. The third-order valence-electron chi connectivity index (χ3n) is 2.88. The number of nitrogens with zero attached hydrogens (tertiary/aromatic N) is 2. The van der Waals surface area contributed by atoms with Crippen LogP contribution in [-0.4, -0.2) is 37.6 Å². The number of hydrogen-bond acceptors (Lipinski definition) is 1. The molecule has 0 spiro atoms. The lowest BCUT2D eigenvalue weighted by molar-refractivity contribution is 0.158. The SMILES string of the molecule is CN1CCC[C@@H]2C[N]C[C@@H]21. The molecule has 2 heteroatoms. The Labute approximate surface area is 62.6 Å². The Morgan fingerprint density at radius 1 is 1.40 bits per heavy atom. The van der Waals surface area contributed by atoms with E-state index in [4.69, 9.17) is 0 Å². The minimum absolute atomic E-state index is 0.800. The summed E-state index contributed by atoms with van der Waals surface area (Å²) in [5, 5.41) is 4.44. The topological polar surface area (TPSA) is 17.3 Å². The van der Waals surface area contributed by atoms with Gasteiger partial charge in [-0.05, 0) is 32.4 Å². The summed E-state index contributed by atoms with van der Waals surface area (Å²) in [5.74, 6) is 0.902. The van der Waals surface area contributed by atoms with E-state index < -0.39 is 0 Å². The van der Waals surface area contributed by atoms with Gasteiger partial charge >= 0.3 is 0 Å². The van der Waals surface area contributed by atoms with Gasteiger partial charge in [0, 0.05) is 19.1 Å². The van der Waals surface area contributed by atoms with E-state index in [0.29, 0.717) is 0 Å². The number of likely N-dealkylation sites (tertiary alicyclic amines) is 1. The zero-order chi connectivity index (χ0) is 6.97. The van der Waals surface area contributed by atoms with Crippen molar-refractivity contribution >= 4 is 0 Å². The molecule has 2 rings (SSSR count). The van der Waals surface area contributed by atoms with Gasteiger partial charge in [0.15, 0.2) is 0 Å². The molecule has 2 atom stereocenters. The fourth-order valence-corrected chi connectivity index (χ4v) is 2.20. The number of fused-ring (bicyclic) bond motifs is 1. The van der Waals surface area contributed by atoms with Gasteiger partial charge in [0.1, 0.15) is 0 Å². The van der Waals surface area contributed by atoms with E-state index in [1.807, 2.05) is 0 Å². The van der Waals surface area contributed by atoms with E-state index in [-0.39, 0.29) is 0 Å². The minimum atomic E-state index is 0.800. The van der Waals surface area contributed by atoms with Gasteiger partial charge in [0.2, 0.25) is 0 Å². The molecule has 0 unspecified atom stereocenters. The monoisotopic (exact) mass is 139 g/mol. The van der Waals surface area contributed by atoms with E-state index in [2.05, 4.69) is 17.3 Å². The van der Waals surface area contributed by atoms with Gasteiger partial charge < -0.3 is 4.90 Å². The molecule has 0 aromatic heterocycles. The first kappa shape index (κ1) is 6.62. The Bertz CT molecular complexity index is 124. The van der Waals surface area contributed by atoms with E-state index in [0.717, 1.165) is 25.0 Å². The van der Waals surface area contributed by atoms with Crippen molar-refractivity contribution in [3.05, 3.63) is 0 Å². The first-order chi connectivity index (χ1) is 4.88. The summed E-state index contributed by atoms with van der Waals surface area (Å²) in [6.07, 6.45) is 2.80. The van der Waals surface area contributed by atoms with Crippen LogP contribution in [0.5, 0.6) is 0 Å². The van der Waals surface area contributed by atoms with Gasteiger partial charge in [-0.3, -0.25) is 0 Å². The lowest BCUT2D eigenvalue weighted by atomic mass is 9.93. The largest absolute Gasteiger partial charge is 0.302 e. The van der Waals surface area contributed by atoms with Gasteiger partial charge in [0.25, 0.3) is 0 Å². The summed E-state index contributed by atoms with van der Waals surface area (Å²) in [7, 11) is 2.23. The predicted molar refractivity (Wildman–Crippen MR) is 41.0 cm³/mol. The third kappa shape index (κ3) is 0.956. The highest BCUT2D eigenvalue weighted by atomic mass is 15.2. The highest BCUT2D eigenvalue weighted by molar-refractivity contribution is 4.90. The minimum Gasteiger partial charge on any atom is -0.302 e. The molecule has 2 aliphatic rings. The van der Waals surface area contributed by atoms with E-state index >= 15 is 0 Å². The van der Waals surface area contributed by atoms with Gasteiger partial charge in [-0.15, -0.1) is 0 Å². The van der Waals surface area contributed by atoms with Crippen LogP contribution < -0.4 is 5.32 Å². The molecule has 57 valence electrons. The Balaban J connectivity index is 2.03. The summed E-state index contributed by atoms with van der Waals surface area (Å²) in [6.45, 7) is 3.52.